The molecule has 2 rings (SSSR count). The number of carboxylic acid groups (broad SMARTS) is 1. The Morgan fingerprint density at radius 3 is 2.55 bits per heavy atom. The molecule has 1 aromatic carbocycles. The molecule has 0 aliphatic carbocycles. The zero-order valence-corrected chi connectivity index (χ0v) is 10.9. The second-order valence-electron chi connectivity index (χ2n) is 4.82. The number of primary amides is 1. The maximum absolute atomic E-state index is 12.0. The molecule has 20 heavy (non-hydrogen) atoms. The summed E-state index contributed by atoms with van der Waals surface area (Å²) in [4.78, 5) is 35.6. The van der Waals surface area contributed by atoms with Crippen LogP contribution in [0.5, 0.6) is 0 Å². The topological polar surface area (TPSA) is 127 Å². The van der Waals surface area contributed by atoms with Crippen LogP contribution < -0.4 is 16.4 Å². The molecule has 2 amide bonds. The molecule has 1 aliphatic rings. The van der Waals surface area contributed by atoms with Gasteiger partial charge in [-0.3, -0.25) is 9.59 Å². The molecule has 1 atom stereocenters. The van der Waals surface area contributed by atoms with E-state index in [1.54, 1.807) is 6.92 Å². The molecule has 0 saturated carbocycles. The summed E-state index contributed by atoms with van der Waals surface area (Å²) in [7, 11) is 0. The highest BCUT2D eigenvalue weighted by Crippen LogP contribution is 2.32. The van der Waals surface area contributed by atoms with E-state index in [-0.39, 0.29) is 30.1 Å². The third-order valence-electron chi connectivity index (χ3n) is 3.49. The predicted octanol–water partition coefficient (Wildman–Crippen LogP) is 0.114. The third-order valence-corrected chi connectivity index (χ3v) is 3.49. The van der Waals surface area contributed by atoms with Gasteiger partial charge in [-0.15, -0.1) is 0 Å². The van der Waals surface area contributed by atoms with E-state index in [0.717, 1.165) is 0 Å². The monoisotopic (exact) mass is 277 g/mol. The number of benzene rings is 1. The fraction of sp³-hybridized carbons (Fsp3) is 0.308. The molecule has 1 unspecified atom stereocenters. The van der Waals surface area contributed by atoms with Gasteiger partial charge in [-0.2, -0.15) is 0 Å². The largest absolute Gasteiger partial charge is 0.478 e. The summed E-state index contributed by atoms with van der Waals surface area (Å²) in [5.74, 6) is -2.49. The molecule has 0 aromatic heterocycles. The summed E-state index contributed by atoms with van der Waals surface area (Å²) < 4.78 is 0. The van der Waals surface area contributed by atoms with E-state index in [4.69, 9.17) is 16.6 Å². The molecule has 1 aromatic rings. The van der Waals surface area contributed by atoms with Crippen molar-refractivity contribution in [1.29, 1.82) is 0 Å². The second kappa shape index (κ2) is 4.84. The minimum absolute atomic E-state index is 0.00146. The molecular formula is C13H15N3O4. The lowest BCUT2D eigenvalue weighted by molar-refractivity contribution is -0.123. The van der Waals surface area contributed by atoms with Gasteiger partial charge in [0.25, 0.3) is 0 Å². The van der Waals surface area contributed by atoms with E-state index in [1.807, 2.05) is 0 Å². The zero-order chi connectivity index (χ0) is 15.0. The summed E-state index contributed by atoms with van der Waals surface area (Å²) >= 11 is 0. The van der Waals surface area contributed by atoms with Crippen LogP contribution in [0.25, 0.3) is 0 Å². The van der Waals surface area contributed by atoms with Gasteiger partial charge in [0.05, 0.1) is 11.5 Å². The quantitative estimate of drug-likeness (QED) is 0.676. The molecule has 7 nitrogen and oxygen atoms in total. The van der Waals surface area contributed by atoms with E-state index < -0.39 is 17.8 Å². The summed E-state index contributed by atoms with van der Waals surface area (Å²) in [6, 6.07) is 2.72. The van der Waals surface area contributed by atoms with Crippen LogP contribution in [0.15, 0.2) is 12.1 Å². The Kier molecular flexibility index (Phi) is 3.35. The zero-order valence-electron chi connectivity index (χ0n) is 10.9. The van der Waals surface area contributed by atoms with E-state index in [9.17, 15) is 14.4 Å². The number of carboxylic acids is 1. The molecule has 1 saturated heterocycles. The Morgan fingerprint density at radius 1 is 1.40 bits per heavy atom. The highest BCUT2D eigenvalue weighted by molar-refractivity contribution is 6.02. The molecule has 1 aliphatic heterocycles. The van der Waals surface area contributed by atoms with Crippen LogP contribution in [0.1, 0.15) is 22.3 Å². The maximum atomic E-state index is 12.0. The number of amides is 2. The number of nitrogen functional groups attached to an aromatic ring is 1. The van der Waals surface area contributed by atoms with Gasteiger partial charge in [-0.25, -0.2) is 4.79 Å². The van der Waals surface area contributed by atoms with Crippen LogP contribution in [0.2, 0.25) is 0 Å². The maximum Gasteiger partial charge on any atom is 0.335 e. The van der Waals surface area contributed by atoms with Crippen LogP contribution >= 0.6 is 0 Å². The lowest BCUT2D eigenvalue weighted by Crippen LogP contribution is -2.29. The first-order chi connectivity index (χ1) is 9.31. The van der Waals surface area contributed by atoms with Gasteiger partial charge in [-0.1, -0.05) is 0 Å². The summed E-state index contributed by atoms with van der Waals surface area (Å²) in [5, 5.41) is 9.04. The van der Waals surface area contributed by atoms with E-state index >= 15 is 0 Å². The fourth-order valence-corrected chi connectivity index (χ4v) is 2.26. The summed E-state index contributed by atoms with van der Waals surface area (Å²) in [6.07, 6.45) is 0.0337. The molecule has 7 heteroatoms. The van der Waals surface area contributed by atoms with Crippen molar-refractivity contribution in [2.45, 2.75) is 13.3 Å². The van der Waals surface area contributed by atoms with Crippen LogP contribution in [0.3, 0.4) is 0 Å². The van der Waals surface area contributed by atoms with Crippen molar-refractivity contribution in [3.05, 3.63) is 23.3 Å². The SMILES string of the molecule is Cc1c(N)cc(C(=O)O)cc1N1CC(C(N)=O)CC1=O. The van der Waals surface area contributed by atoms with E-state index in [2.05, 4.69) is 0 Å². The number of nitrogens with two attached hydrogens (primary N) is 2. The van der Waals surface area contributed by atoms with Gasteiger partial charge >= 0.3 is 5.97 Å². The third kappa shape index (κ3) is 2.29. The number of nitrogens with zero attached hydrogens (tertiary/aromatic N) is 1. The Bertz CT molecular complexity index is 612. The van der Waals surface area contributed by atoms with Gasteiger partial charge in [-0.05, 0) is 24.6 Å². The average molecular weight is 277 g/mol. The van der Waals surface area contributed by atoms with Gasteiger partial charge in [0.2, 0.25) is 11.8 Å². The normalized spacial score (nSPS) is 18.4. The van der Waals surface area contributed by atoms with E-state index in [0.29, 0.717) is 11.3 Å². The minimum atomic E-state index is -1.13. The van der Waals surface area contributed by atoms with Crippen LogP contribution in [0, 0.1) is 12.8 Å². The second-order valence-corrected chi connectivity index (χ2v) is 4.82. The minimum Gasteiger partial charge on any atom is -0.478 e. The number of anilines is 2. The molecule has 1 fully saturated rings. The number of carbonyl (C=O) groups is 3. The van der Waals surface area contributed by atoms with Gasteiger partial charge in [0.1, 0.15) is 0 Å². The van der Waals surface area contributed by atoms with Crippen molar-refractivity contribution < 1.29 is 19.5 Å². The van der Waals surface area contributed by atoms with Crippen molar-refractivity contribution in [3.8, 4) is 0 Å². The Morgan fingerprint density at radius 2 is 2.05 bits per heavy atom. The van der Waals surface area contributed by atoms with E-state index in [1.165, 1.54) is 17.0 Å². The van der Waals surface area contributed by atoms with Crippen LogP contribution in [-0.2, 0) is 9.59 Å². The Labute approximate surface area is 115 Å². The van der Waals surface area contributed by atoms with Crippen molar-refractivity contribution in [1.82, 2.24) is 0 Å². The predicted molar refractivity (Wildman–Crippen MR) is 72.2 cm³/mol. The lowest BCUT2D eigenvalue weighted by atomic mass is 10.1. The molecule has 0 bridgehead atoms. The molecule has 1 heterocycles. The van der Waals surface area contributed by atoms with Gasteiger partial charge in [0.15, 0.2) is 0 Å². The average Bonchev–Trinajstić information content (AvgIpc) is 2.74. The fourth-order valence-electron chi connectivity index (χ4n) is 2.26. The van der Waals surface area contributed by atoms with Crippen molar-refractivity contribution in [2.24, 2.45) is 11.7 Å². The first kappa shape index (κ1) is 13.9. The first-order valence-corrected chi connectivity index (χ1v) is 6.04. The number of aromatic carboxylic acids is 1. The molecule has 106 valence electrons. The highest BCUT2D eigenvalue weighted by atomic mass is 16.4. The smallest absolute Gasteiger partial charge is 0.335 e. The Hall–Kier alpha value is -2.57. The highest BCUT2D eigenvalue weighted by Gasteiger charge is 2.35. The van der Waals surface area contributed by atoms with Crippen molar-refractivity contribution >= 4 is 29.2 Å². The van der Waals surface area contributed by atoms with Crippen molar-refractivity contribution in [2.75, 3.05) is 17.2 Å². The van der Waals surface area contributed by atoms with Crippen LogP contribution in [0.4, 0.5) is 11.4 Å². The number of carbonyl (C=O) groups excluding carboxylic acids is 2. The van der Waals surface area contributed by atoms with Gasteiger partial charge < -0.3 is 21.5 Å². The number of hydrogen-bond donors (Lipinski definition) is 3. The standard InChI is InChI=1S/C13H15N3O4/c1-6-9(14)2-7(13(19)20)3-10(6)16-5-8(12(15)18)4-11(16)17/h2-3,8H,4-5,14H2,1H3,(H2,15,18)(H,19,20). The molecule has 0 radical (unpaired) electrons. The number of hydrogen-bond acceptors (Lipinski definition) is 4. The first-order valence-electron chi connectivity index (χ1n) is 6.04. The van der Waals surface area contributed by atoms with Crippen molar-refractivity contribution in [3.63, 3.8) is 0 Å². The van der Waals surface area contributed by atoms with Gasteiger partial charge in [0, 0.05) is 24.3 Å². The summed E-state index contributed by atoms with van der Waals surface area (Å²) in [6.45, 7) is 1.85. The molecule has 0 spiro atoms. The summed E-state index contributed by atoms with van der Waals surface area (Å²) in [5.41, 5.74) is 12.3. The molecule has 5 N–H and O–H groups in total. The number of rotatable bonds is 3. The Balaban J connectivity index is 2.45. The molecular weight excluding hydrogens is 262 g/mol. The lowest BCUT2D eigenvalue weighted by Gasteiger charge is -2.20. The van der Waals surface area contributed by atoms with Crippen LogP contribution in [-0.4, -0.2) is 29.4 Å².